The molecule has 1 heterocycles. The average molecular weight is 250 g/mol. The third kappa shape index (κ3) is 2.32. The van der Waals surface area contributed by atoms with Crippen LogP contribution in [0.5, 0.6) is 0 Å². The largest absolute Gasteiger partial charge is 0.393 e. The molecule has 2 rings (SSSR count). The van der Waals surface area contributed by atoms with E-state index >= 15 is 0 Å². The monoisotopic (exact) mass is 250 g/mol. The molecule has 1 amide bonds. The molecule has 1 aliphatic rings. The molecule has 1 saturated heterocycles. The number of benzene rings is 1. The van der Waals surface area contributed by atoms with Gasteiger partial charge in [-0.15, -0.1) is 0 Å². The quantitative estimate of drug-likeness (QED) is 0.788. The Labute approximate surface area is 106 Å². The minimum absolute atomic E-state index is 0.113. The van der Waals surface area contributed by atoms with Gasteiger partial charge < -0.3 is 20.0 Å². The van der Waals surface area contributed by atoms with E-state index < -0.39 is 5.60 Å². The molecule has 0 atom stereocenters. The second-order valence-corrected chi connectivity index (χ2v) is 4.98. The van der Waals surface area contributed by atoms with Crippen LogP contribution in [0.4, 0.5) is 5.69 Å². The zero-order chi connectivity index (χ0) is 13.3. The van der Waals surface area contributed by atoms with E-state index in [1.54, 1.807) is 12.1 Å². The molecule has 1 aliphatic heterocycles. The fourth-order valence-corrected chi connectivity index (χ4v) is 1.99. The van der Waals surface area contributed by atoms with Gasteiger partial charge in [0.2, 0.25) is 0 Å². The number of nitrogens with zero attached hydrogens (tertiary/aromatic N) is 2. The lowest BCUT2D eigenvalue weighted by molar-refractivity contribution is -0.109. The van der Waals surface area contributed by atoms with Gasteiger partial charge in [0.25, 0.3) is 5.91 Å². The van der Waals surface area contributed by atoms with E-state index in [-0.39, 0.29) is 25.6 Å². The van der Waals surface area contributed by atoms with Crippen LogP contribution >= 0.6 is 0 Å². The molecule has 5 heteroatoms. The van der Waals surface area contributed by atoms with E-state index in [1.165, 1.54) is 4.90 Å². The highest BCUT2D eigenvalue weighted by molar-refractivity contribution is 5.95. The van der Waals surface area contributed by atoms with Gasteiger partial charge in [0.05, 0.1) is 19.7 Å². The van der Waals surface area contributed by atoms with Crippen molar-refractivity contribution in [1.82, 2.24) is 4.90 Å². The number of amides is 1. The number of anilines is 1. The Morgan fingerprint density at radius 1 is 1.33 bits per heavy atom. The first-order valence-electron chi connectivity index (χ1n) is 5.85. The molecular weight excluding hydrogens is 232 g/mol. The second-order valence-electron chi connectivity index (χ2n) is 4.98. The smallest absolute Gasteiger partial charge is 0.254 e. The molecule has 0 aliphatic carbocycles. The number of rotatable bonds is 3. The number of aliphatic hydroxyl groups is 2. The van der Waals surface area contributed by atoms with Crippen LogP contribution in [0, 0.1) is 0 Å². The number of likely N-dealkylation sites (tertiary alicyclic amines) is 1. The van der Waals surface area contributed by atoms with Gasteiger partial charge in [-0.25, -0.2) is 0 Å². The number of hydrogen-bond acceptors (Lipinski definition) is 4. The first-order chi connectivity index (χ1) is 8.45. The van der Waals surface area contributed by atoms with Crippen LogP contribution in [0.2, 0.25) is 0 Å². The van der Waals surface area contributed by atoms with E-state index in [9.17, 15) is 9.90 Å². The molecule has 0 saturated carbocycles. The topological polar surface area (TPSA) is 64.0 Å². The fourth-order valence-electron chi connectivity index (χ4n) is 1.99. The molecule has 98 valence electrons. The molecule has 5 nitrogen and oxygen atoms in total. The molecule has 0 bridgehead atoms. The molecule has 0 spiro atoms. The van der Waals surface area contributed by atoms with Gasteiger partial charge in [0.15, 0.2) is 0 Å². The van der Waals surface area contributed by atoms with Crippen LogP contribution in [0.25, 0.3) is 0 Å². The number of carbonyl (C=O) groups excluding carboxylic acids is 1. The predicted octanol–water partition coefficient (Wildman–Crippen LogP) is -0.0682. The van der Waals surface area contributed by atoms with Gasteiger partial charge in [0, 0.05) is 25.3 Å². The maximum atomic E-state index is 12.0. The van der Waals surface area contributed by atoms with Crippen LogP contribution in [-0.2, 0) is 0 Å². The first kappa shape index (κ1) is 12.9. The Balaban J connectivity index is 2.02. The summed E-state index contributed by atoms with van der Waals surface area (Å²) in [5.74, 6) is -0.113. The molecule has 1 aromatic carbocycles. The lowest BCUT2D eigenvalue weighted by Gasteiger charge is -2.45. The van der Waals surface area contributed by atoms with Crippen molar-refractivity contribution in [2.45, 2.75) is 5.60 Å². The van der Waals surface area contributed by atoms with Gasteiger partial charge in [0.1, 0.15) is 5.60 Å². The van der Waals surface area contributed by atoms with Crippen LogP contribution in [0.1, 0.15) is 10.4 Å². The van der Waals surface area contributed by atoms with Gasteiger partial charge >= 0.3 is 0 Å². The van der Waals surface area contributed by atoms with Gasteiger partial charge in [-0.05, 0) is 24.3 Å². The first-order valence-corrected chi connectivity index (χ1v) is 5.85. The molecular formula is C13H18N2O3. The maximum absolute atomic E-state index is 12.0. The predicted molar refractivity (Wildman–Crippen MR) is 68.7 cm³/mol. The molecule has 1 aromatic rings. The SMILES string of the molecule is CN(C)c1ccc(C(=O)N2CC(O)(CO)C2)cc1. The van der Waals surface area contributed by atoms with Crippen molar-refractivity contribution in [2.75, 3.05) is 38.7 Å². The van der Waals surface area contributed by atoms with E-state index in [0.29, 0.717) is 5.56 Å². The highest BCUT2D eigenvalue weighted by atomic mass is 16.3. The van der Waals surface area contributed by atoms with E-state index in [0.717, 1.165) is 5.69 Å². The van der Waals surface area contributed by atoms with Crippen molar-refractivity contribution >= 4 is 11.6 Å². The maximum Gasteiger partial charge on any atom is 0.254 e. The number of aliphatic hydroxyl groups excluding tert-OH is 1. The summed E-state index contributed by atoms with van der Waals surface area (Å²) in [4.78, 5) is 15.5. The zero-order valence-corrected chi connectivity index (χ0v) is 10.6. The summed E-state index contributed by atoms with van der Waals surface area (Å²) >= 11 is 0. The van der Waals surface area contributed by atoms with E-state index in [1.807, 2.05) is 31.1 Å². The molecule has 0 unspecified atom stereocenters. The Morgan fingerprint density at radius 2 is 1.89 bits per heavy atom. The fraction of sp³-hybridized carbons (Fsp3) is 0.462. The lowest BCUT2D eigenvalue weighted by Crippen LogP contribution is -2.65. The normalized spacial score (nSPS) is 17.2. The summed E-state index contributed by atoms with van der Waals surface area (Å²) in [5, 5.41) is 18.6. The van der Waals surface area contributed by atoms with Crippen LogP contribution in [-0.4, -0.2) is 60.4 Å². The Morgan fingerprint density at radius 3 is 2.33 bits per heavy atom. The molecule has 18 heavy (non-hydrogen) atoms. The van der Waals surface area contributed by atoms with E-state index in [2.05, 4.69) is 0 Å². The van der Waals surface area contributed by atoms with Crippen molar-refractivity contribution in [3.8, 4) is 0 Å². The van der Waals surface area contributed by atoms with Crippen LogP contribution < -0.4 is 4.90 Å². The standard InChI is InChI=1S/C13H18N2O3/c1-14(2)11-5-3-10(4-6-11)12(17)15-7-13(18,8-15)9-16/h3-6,16,18H,7-9H2,1-2H3. The summed E-state index contributed by atoms with van der Waals surface area (Å²) in [6.07, 6.45) is 0. The third-order valence-corrected chi connectivity index (χ3v) is 3.18. The minimum Gasteiger partial charge on any atom is -0.393 e. The summed E-state index contributed by atoms with van der Waals surface area (Å²) in [7, 11) is 3.88. The lowest BCUT2D eigenvalue weighted by atomic mass is 9.94. The van der Waals surface area contributed by atoms with Crippen molar-refractivity contribution < 1.29 is 15.0 Å². The Kier molecular flexibility index (Phi) is 3.28. The zero-order valence-electron chi connectivity index (χ0n) is 10.6. The molecule has 1 fully saturated rings. The molecule has 0 radical (unpaired) electrons. The van der Waals surface area contributed by atoms with E-state index in [4.69, 9.17) is 5.11 Å². The van der Waals surface area contributed by atoms with Crippen molar-refractivity contribution in [2.24, 2.45) is 0 Å². The summed E-state index contributed by atoms with van der Waals surface area (Å²) < 4.78 is 0. The Bertz CT molecular complexity index is 436. The summed E-state index contributed by atoms with van der Waals surface area (Å²) in [6, 6.07) is 7.30. The highest BCUT2D eigenvalue weighted by Crippen LogP contribution is 2.23. The third-order valence-electron chi connectivity index (χ3n) is 3.18. The Hall–Kier alpha value is -1.59. The van der Waals surface area contributed by atoms with Crippen LogP contribution in [0.3, 0.4) is 0 Å². The van der Waals surface area contributed by atoms with Crippen molar-refractivity contribution in [3.05, 3.63) is 29.8 Å². The molecule has 0 aromatic heterocycles. The van der Waals surface area contributed by atoms with Gasteiger partial charge in [-0.1, -0.05) is 0 Å². The summed E-state index contributed by atoms with van der Waals surface area (Å²) in [6.45, 7) is 0.0753. The number of hydrogen-bond donors (Lipinski definition) is 2. The van der Waals surface area contributed by atoms with Crippen molar-refractivity contribution in [3.63, 3.8) is 0 Å². The highest BCUT2D eigenvalue weighted by Gasteiger charge is 2.43. The minimum atomic E-state index is -1.11. The summed E-state index contributed by atoms with van der Waals surface area (Å²) in [5.41, 5.74) is 0.516. The average Bonchev–Trinajstić information content (AvgIpc) is 2.34. The van der Waals surface area contributed by atoms with Gasteiger partial charge in [-0.3, -0.25) is 4.79 Å². The van der Waals surface area contributed by atoms with Gasteiger partial charge in [-0.2, -0.15) is 0 Å². The molecule has 2 N–H and O–H groups in total. The van der Waals surface area contributed by atoms with Crippen LogP contribution in [0.15, 0.2) is 24.3 Å². The number of carbonyl (C=O) groups is 1. The second kappa shape index (κ2) is 4.59. The number of β-amino-alcohol motifs (C(OH)–C–C–N with tert-alkyl or cyclic N) is 1. The van der Waals surface area contributed by atoms with Crippen molar-refractivity contribution in [1.29, 1.82) is 0 Å².